The molecule has 3 rings (SSSR count). The van der Waals surface area contributed by atoms with E-state index in [1.165, 1.54) is 0 Å². The van der Waals surface area contributed by atoms with Crippen LogP contribution < -0.4 is 4.74 Å². The van der Waals surface area contributed by atoms with Crippen molar-refractivity contribution in [3.05, 3.63) is 24.4 Å². The summed E-state index contributed by atoms with van der Waals surface area (Å²) in [6, 6.07) is 6.39. The lowest BCUT2D eigenvalue weighted by Crippen LogP contribution is -2.67. The van der Waals surface area contributed by atoms with Gasteiger partial charge in [0.2, 0.25) is 5.88 Å². The summed E-state index contributed by atoms with van der Waals surface area (Å²) in [5, 5.41) is 0. The molecule has 104 valence electrons. The molecule has 0 N–H and O–H groups in total. The minimum Gasteiger partial charge on any atom is -0.474 e. The Labute approximate surface area is 114 Å². The molecule has 0 aliphatic carbocycles. The number of nitrogens with zero attached hydrogens (tertiary/aromatic N) is 2. The quantitative estimate of drug-likeness (QED) is 0.835. The molecule has 19 heavy (non-hydrogen) atoms. The van der Waals surface area contributed by atoms with Crippen molar-refractivity contribution in [2.45, 2.75) is 44.4 Å². The molecule has 0 radical (unpaired) electrons. The van der Waals surface area contributed by atoms with Crippen LogP contribution in [0.4, 0.5) is 0 Å². The van der Waals surface area contributed by atoms with E-state index in [0.717, 1.165) is 38.4 Å². The highest BCUT2D eigenvalue weighted by Crippen LogP contribution is 2.36. The fourth-order valence-corrected chi connectivity index (χ4v) is 2.95. The monoisotopic (exact) mass is 262 g/mol. The van der Waals surface area contributed by atoms with Gasteiger partial charge in [0, 0.05) is 44.2 Å². The van der Waals surface area contributed by atoms with Gasteiger partial charge in [-0.15, -0.1) is 0 Å². The fourth-order valence-electron chi connectivity index (χ4n) is 2.95. The third-order valence-corrected chi connectivity index (χ3v) is 4.09. The van der Waals surface area contributed by atoms with E-state index in [1.54, 1.807) is 6.20 Å². The highest BCUT2D eigenvalue weighted by molar-refractivity contribution is 5.11. The number of likely N-dealkylation sites (tertiary alicyclic amines) is 1. The van der Waals surface area contributed by atoms with E-state index in [2.05, 4.69) is 23.7 Å². The van der Waals surface area contributed by atoms with Gasteiger partial charge in [-0.05, 0) is 19.9 Å². The second-order valence-electron chi connectivity index (χ2n) is 5.93. The van der Waals surface area contributed by atoms with Gasteiger partial charge in [0.05, 0.1) is 12.2 Å². The summed E-state index contributed by atoms with van der Waals surface area (Å²) in [5.41, 5.74) is 0.0297. The summed E-state index contributed by atoms with van der Waals surface area (Å²) >= 11 is 0. The molecule has 2 aliphatic rings. The number of hydrogen-bond donors (Lipinski definition) is 0. The van der Waals surface area contributed by atoms with Crippen LogP contribution in [0.5, 0.6) is 5.88 Å². The van der Waals surface area contributed by atoms with Crippen molar-refractivity contribution in [3.8, 4) is 5.88 Å². The van der Waals surface area contributed by atoms with Gasteiger partial charge in [-0.1, -0.05) is 6.07 Å². The van der Waals surface area contributed by atoms with Crippen LogP contribution in [-0.4, -0.2) is 47.3 Å². The summed E-state index contributed by atoms with van der Waals surface area (Å²) in [4.78, 5) is 6.68. The van der Waals surface area contributed by atoms with Crippen LogP contribution >= 0.6 is 0 Å². The van der Waals surface area contributed by atoms with Crippen molar-refractivity contribution in [3.63, 3.8) is 0 Å². The normalized spacial score (nSPS) is 26.4. The topological polar surface area (TPSA) is 34.6 Å². The molecule has 1 aromatic rings. The van der Waals surface area contributed by atoms with E-state index in [-0.39, 0.29) is 11.7 Å². The predicted octanol–water partition coefficient (Wildman–Crippen LogP) is 2.10. The van der Waals surface area contributed by atoms with Gasteiger partial charge in [-0.2, -0.15) is 0 Å². The summed E-state index contributed by atoms with van der Waals surface area (Å²) < 4.78 is 12.0. The zero-order valence-electron chi connectivity index (χ0n) is 11.7. The highest BCUT2D eigenvalue weighted by atomic mass is 16.5. The van der Waals surface area contributed by atoms with E-state index < -0.39 is 0 Å². The van der Waals surface area contributed by atoms with E-state index in [4.69, 9.17) is 9.47 Å². The maximum atomic E-state index is 6.01. The molecule has 0 unspecified atom stereocenters. The van der Waals surface area contributed by atoms with Gasteiger partial charge in [-0.25, -0.2) is 4.98 Å². The first-order chi connectivity index (χ1) is 9.17. The van der Waals surface area contributed by atoms with Gasteiger partial charge >= 0.3 is 0 Å². The molecule has 4 nitrogen and oxygen atoms in total. The van der Waals surface area contributed by atoms with Crippen molar-refractivity contribution in [1.82, 2.24) is 9.88 Å². The molecule has 2 aliphatic heterocycles. The minimum absolute atomic E-state index is 0.0297. The Hall–Kier alpha value is -1.13. The van der Waals surface area contributed by atoms with Crippen molar-refractivity contribution >= 4 is 0 Å². The molecule has 3 heterocycles. The van der Waals surface area contributed by atoms with Crippen LogP contribution in [0.25, 0.3) is 0 Å². The maximum absolute atomic E-state index is 6.01. The molecule has 0 aromatic carbocycles. The number of aromatic nitrogens is 1. The molecule has 4 heteroatoms. The van der Waals surface area contributed by atoms with Gasteiger partial charge in [-0.3, -0.25) is 4.90 Å². The molecule has 1 aromatic heterocycles. The number of hydrogen-bond acceptors (Lipinski definition) is 4. The van der Waals surface area contributed by atoms with E-state index in [1.807, 2.05) is 18.2 Å². The Morgan fingerprint density at radius 3 is 2.95 bits per heavy atom. The predicted molar refractivity (Wildman–Crippen MR) is 73.3 cm³/mol. The lowest BCUT2D eigenvalue weighted by molar-refractivity contribution is -0.192. The first-order valence-corrected chi connectivity index (χ1v) is 7.13. The molecule has 2 saturated heterocycles. The lowest BCUT2D eigenvalue weighted by Gasteiger charge is -2.54. The van der Waals surface area contributed by atoms with Gasteiger partial charge < -0.3 is 9.47 Å². The zero-order chi connectivity index (χ0) is 13.3. The van der Waals surface area contributed by atoms with Crippen molar-refractivity contribution in [2.75, 3.05) is 19.7 Å². The average Bonchev–Trinajstić information content (AvgIpc) is 2.37. The highest BCUT2D eigenvalue weighted by Gasteiger charge is 2.48. The van der Waals surface area contributed by atoms with Gasteiger partial charge in [0.1, 0.15) is 6.10 Å². The van der Waals surface area contributed by atoms with Crippen LogP contribution in [0.15, 0.2) is 24.4 Å². The second kappa shape index (κ2) is 5.10. The molecule has 1 spiro atoms. The molecule has 2 fully saturated rings. The molecule has 1 atom stereocenters. The molecule has 0 bridgehead atoms. The van der Waals surface area contributed by atoms with Crippen molar-refractivity contribution in [2.24, 2.45) is 0 Å². The fraction of sp³-hybridized carbons (Fsp3) is 0.667. The third-order valence-electron chi connectivity index (χ3n) is 4.09. The third kappa shape index (κ3) is 2.74. The zero-order valence-corrected chi connectivity index (χ0v) is 11.7. The summed E-state index contributed by atoms with van der Waals surface area (Å²) in [6.45, 7) is 7.33. The van der Waals surface area contributed by atoms with Crippen molar-refractivity contribution in [1.29, 1.82) is 0 Å². The number of ether oxygens (including phenoxy) is 2. The Kier molecular flexibility index (Phi) is 3.46. The maximum Gasteiger partial charge on any atom is 0.213 e. The number of rotatable bonds is 3. The van der Waals surface area contributed by atoms with Crippen LogP contribution in [0.1, 0.15) is 26.7 Å². The first kappa shape index (κ1) is 12.9. The van der Waals surface area contributed by atoms with Crippen LogP contribution in [0.2, 0.25) is 0 Å². The van der Waals surface area contributed by atoms with E-state index in [0.29, 0.717) is 6.04 Å². The molecular formula is C15H22N2O2. The standard InChI is InChI=1S/C15H22N2O2/c1-12(2)17-10-15(11-17)9-13(6-8-18-15)19-14-5-3-4-7-16-14/h3-5,7,12-13H,6,8-11H2,1-2H3/t13-/m1/s1. The number of pyridine rings is 1. The lowest BCUT2D eigenvalue weighted by atomic mass is 9.84. The van der Waals surface area contributed by atoms with Gasteiger partial charge in [0.15, 0.2) is 0 Å². The molecule has 0 amide bonds. The summed E-state index contributed by atoms with van der Waals surface area (Å²) in [6.07, 6.45) is 3.94. The second-order valence-corrected chi connectivity index (χ2v) is 5.93. The Balaban J connectivity index is 1.57. The largest absolute Gasteiger partial charge is 0.474 e. The summed E-state index contributed by atoms with van der Waals surface area (Å²) in [7, 11) is 0. The molecule has 0 saturated carbocycles. The van der Waals surface area contributed by atoms with Gasteiger partial charge in [0.25, 0.3) is 0 Å². The minimum atomic E-state index is 0.0297. The van der Waals surface area contributed by atoms with Crippen LogP contribution in [0.3, 0.4) is 0 Å². The van der Waals surface area contributed by atoms with Crippen LogP contribution in [-0.2, 0) is 4.74 Å². The Bertz CT molecular complexity index is 415. The van der Waals surface area contributed by atoms with Crippen LogP contribution in [0, 0.1) is 0 Å². The summed E-state index contributed by atoms with van der Waals surface area (Å²) in [5.74, 6) is 0.726. The van der Waals surface area contributed by atoms with Crippen molar-refractivity contribution < 1.29 is 9.47 Å². The van der Waals surface area contributed by atoms with E-state index >= 15 is 0 Å². The first-order valence-electron chi connectivity index (χ1n) is 7.13. The van der Waals surface area contributed by atoms with E-state index in [9.17, 15) is 0 Å². The SMILES string of the molecule is CC(C)N1CC2(C[C@H](Oc3ccccn3)CCO2)C1. The Morgan fingerprint density at radius 2 is 2.26 bits per heavy atom. The Morgan fingerprint density at radius 1 is 1.42 bits per heavy atom. The smallest absolute Gasteiger partial charge is 0.213 e. The average molecular weight is 262 g/mol. The molecular weight excluding hydrogens is 240 g/mol.